The molecule has 0 aliphatic carbocycles. The van der Waals surface area contributed by atoms with E-state index >= 15 is 0 Å². The summed E-state index contributed by atoms with van der Waals surface area (Å²) in [6, 6.07) is 4.39. The molecule has 0 aromatic carbocycles. The number of morpholine rings is 1. The molecule has 0 spiro atoms. The van der Waals surface area contributed by atoms with E-state index in [1.807, 2.05) is 6.07 Å². The zero-order valence-electron chi connectivity index (χ0n) is 16.0. The van der Waals surface area contributed by atoms with Gasteiger partial charge < -0.3 is 15.4 Å². The molecule has 1 aliphatic rings. The van der Waals surface area contributed by atoms with Crippen LogP contribution in [0.4, 0.5) is 13.2 Å². The zero-order valence-corrected chi connectivity index (χ0v) is 17.7. The molecule has 0 saturated carbocycles. The molecule has 1 unspecified atom stereocenters. The van der Waals surface area contributed by atoms with Gasteiger partial charge >= 0.3 is 6.18 Å². The number of aliphatic imine (C=N–C) groups is 1. The number of thiazole rings is 1. The zero-order chi connectivity index (χ0) is 20.7. The largest absolute Gasteiger partial charge is 0.434 e. The Kier molecular flexibility index (Phi) is 7.87. The van der Waals surface area contributed by atoms with Crippen LogP contribution in [0.15, 0.2) is 27.9 Å². The lowest BCUT2D eigenvalue weighted by atomic mass is 10.2. The highest BCUT2D eigenvalue weighted by Gasteiger charge is 2.33. The van der Waals surface area contributed by atoms with Gasteiger partial charge in [-0.1, -0.05) is 6.07 Å². The van der Waals surface area contributed by atoms with Crippen molar-refractivity contribution < 1.29 is 17.9 Å². The number of guanidine groups is 1. The van der Waals surface area contributed by atoms with Crippen LogP contribution >= 0.6 is 22.7 Å². The summed E-state index contributed by atoms with van der Waals surface area (Å²) in [6.45, 7) is 4.33. The van der Waals surface area contributed by atoms with Gasteiger partial charge in [0.2, 0.25) is 0 Å². The first-order valence-corrected chi connectivity index (χ1v) is 11.0. The topological polar surface area (TPSA) is 61.8 Å². The van der Waals surface area contributed by atoms with E-state index in [1.54, 1.807) is 18.4 Å². The van der Waals surface area contributed by atoms with E-state index in [2.05, 4.69) is 37.0 Å². The summed E-state index contributed by atoms with van der Waals surface area (Å²) in [5.41, 5.74) is -0.829. The minimum absolute atomic E-state index is 0.214. The summed E-state index contributed by atoms with van der Waals surface area (Å²) in [4.78, 5) is 11.5. The lowest BCUT2D eigenvalue weighted by Crippen LogP contribution is -2.46. The van der Waals surface area contributed by atoms with Gasteiger partial charge in [0.05, 0.1) is 24.3 Å². The number of hydrogen-bond donors (Lipinski definition) is 2. The molecular weight excluding hydrogens is 423 g/mol. The van der Waals surface area contributed by atoms with Gasteiger partial charge in [0.15, 0.2) is 11.7 Å². The number of aromatic nitrogens is 1. The first-order valence-electron chi connectivity index (χ1n) is 9.28. The second-order valence-corrected chi connectivity index (χ2v) is 8.36. The molecule has 160 valence electrons. The predicted molar refractivity (Wildman–Crippen MR) is 110 cm³/mol. The van der Waals surface area contributed by atoms with Crippen molar-refractivity contribution in [3.05, 3.63) is 38.5 Å². The van der Waals surface area contributed by atoms with Gasteiger partial charge in [0.25, 0.3) is 0 Å². The molecule has 6 nitrogen and oxygen atoms in total. The van der Waals surface area contributed by atoms with Gasteiger partial charge in [-0.15, -0.1) is 22.7 Å². The van der Waals surface area contributed by atoms with Crippen molar-refractivity contribution in [1.82, 2.24) is 20.5 Å². The SMILES string of the molecule is CN=C(NCCc1nc(C(F)(F)F)cs1)NCC(c1cccs1)N1CCOCC1. The van der Waals surface area contributed by atoms with Crippen LogP contribution in [-0.4, -0.2) is 62.3 Å². The lowest BCUT2D eigenvalue weighted by molar-refractivity contribution is -0.140. The summed E-state index contributed by atoms with van der Waals surface area (Å²) >= 11 is 2.74. The molecule has 29 heavy (non-hydrogen) atoms. The van der Waals surface area contributed by atoms with Crippen molar-refractivity contribution >= 4 is 28.6 Å². The highest BCUT2D eigenvalue weighted by molar-refractivity contribution is 7.10. The van der Waals surface area contributed by atoms with Gasteiger partial charge in [-0.2, -0.15) is 13.2 Å². The number of nitrogens with zero attached hydrogens (tertiary/aromatic N) is 3. The van der Waals surface area contributed by atoms with Crippen LogP contribution in [0.3, 0.4) is 0 Å². The molecule has 0 amide bonds. The van der Waals surface area contributed by atoms with Crippen molar-refractivity contribution in [1.29, 1.82) is 0 Å². The van der Waals surface area contributed by atoms with E-state index in [9.17, 15) is 13.2 Å². The van der Waals surface area contributed by atoms with E-state index in [1.165, 1.54) is 4.88 Å². The van der Waals surface area contributed by atoms with E-state index in [0.29, 0.717) is 30.5 Å². The Morgan fingerprint density at radius 2 is 2.10 bits per heavy atom. The molecule has 1 fully saturated rings. The van der Waals surface area contributed by atoms with Crippen LogP contribution in [0.5, 0.6) is 0 Å². The molecule has 1 aliphatic heterocycles. The lowest BCUT2D eigenvalue weighted by Gasteiger charge is -2.34. The number of thiophene rings is 1. The molecule has 1 atom stereocenters. The second kappa shape index (κ2) is 10.4. The van der Waals surface area contributed by atoms with E-state index < -0.39 is 11.9 Å². The van der Waals surface area contributed by atoms with E-state index in [0.717, 1.165) is 43.0 Å². The molecule has 0 radical (unpaired) electrons. The maximum absolute atomic E-state index is 12.6. The number of ether oxygens (including phenoxy) is 1. The van der Waals surface area contributed by atoms with Gasteiger partial charge in [0, 0.05) is 49.9 Å². The normalized spacial score (nSPS) is 17.3. The number of nitrogens with one attached hydrogen (secondary N) is 2. The van der Waals surface area contributed by atoms with Gasteiger partial charge in [-0.25, -0.2) is 4.98 Å². The van der Waals surface area contributed by atoms with Crippen molar-refractivity contribution in [2.75, 3.05) is 46.4 Å². The molecule has 11 heteroatoms. The van der Waals surface area contributed by atoms with Gasteiger partial charge in [-0.3, -0.25) is 9.89 Å². The average Bonchev–Trinajstić information content (AvgIpc) is 3.39. The molecule has 3 rings (SSSR count). The summed E-state index contributed by atoms with van der Waals surface area (Å²) < 4.78 is 43.4. The minimum Gasteiger partial charge on any atom is -0.379 e. The Hall–Kier alpha value is -1.69. The fraction of sp³-hybridized carbons (Fsp3) is 0.556. The predicted octanol–water partition coefficient (Wildman–Crippen LogP) is 3.00. The summed E-state index contributed by atoms with van der Waals surface area (Å²) in [7, 11) is 1.68. The number of alkyl halides is 3. The van der Waals surface area contributed by atoms with Crippen LogP contribution in [0.25, 0.3) is 0 Å². The van der Waals surface area contributed by atoms with Crippen LogP contribution < -0.4 is 10.6 Å². The van der Waals surface area contributed by atoms with Crippen molar-refractivity contribution in [2.45, 2.75) is 18.6 Å². The Morgan fingerprint density at radius 3 is 2.72 bits per heavy atom. The molecule has 2 aromatic heterocycles. The Balaban J connectivity index is 1.50. The Bertz CT molecular complexity index is 773. The molecule has 3 heterocycles. The Morgan fingerprint density at radius 1 is 1.31 bits per heavy atom. The monoisotopic (exact) mass is 447 g/mol. The third-order valence-corrected chi connectivity index (χ3v) is 6.40. The molecule has 2 aromatic rings. The van der Waals surface area contributed by atoms with Gasteiger partial charge in [-0.05, 0) is 11.4 Å². The maximum Gasteiger partial charge on any atom is 0.434 e. The summed E-state index contributed by atoms with van der Waals surface area (Å²) in [5, 5.41) is 10.1. The van der Waals surface area contributed by atoms with Crippen LogP contribution in [0, 0.1) is 0 Å². The van der Waals surface area contributed by atoms with Crippen LogP contribution in [0.2, 0.25) is 0 Å². The number of rotatable bonds is 7. The Labute approximate surface area is 175 Å². The highest BCUT2D eigenvalue weighted by Crippen LogP contribution is 2.30. The van der Waals surface area contributed by atoms with Crippen molar-refractivity contribution in [3.63, 3.8) is 0 Å². The molecule has 1 saturated heterocycles. The third kappa shape index (κ3) is 6.39. The standard InChI is InChI=1S/C18H24F3N5OS2/c1-22-17(23-5-4-16-25-15(12-29-16)18(19,20)21)24-11-13(14-3-2-10-28-14)26-6-8-27-9-7-26/h2-3,10,12-13H,4-9,11H2,1H3,(H2,22,23,24). The third-order valence-electron chi connectivity index (χ3n) is 4.52. The fourth-order valence-corrected chi connectivity index (χ4v) is 4.70. The summed E-state index contributed by atoms with van der Waals surface area (Å²) in [6.07, 6.45) is -3.99. The summed E-state index contributed by atoms with van der Waals surface area (Å²) in [5.74, 6) is 0.618. The number of halogens is 3. The smallest absolute Gasteiger partial charge is 0.379 e. The van der Waals surface area contributed by atoms with Crippen molar-refractivity contribution in [3.8, 4) is 0 Å². The number of hydrogen-bond acceptors (Lipinski definition) is 6. The molecule has 0 bridgehead atoms. The fourth-order valence-electron chi connectivity index (χ4n) is 3.04. The van der Waals surface area contributed by atoms with Crippen LogP contribution in [-0.2, 0) is 17.3 Å². The van der Waals surface area contributed by atoms with E-state index in [-0.39, 0.29) is 6.04 Å². The second-order valence-electron chi connectivity index (χ2n) is 6.43. The van der Waals surface area contributed by atoms with E-state index in [4.69, 9.17) is 4.74 Å². The average molecular weight is 448 g/mol. The first-order chi connectivity index (χ1) is 14.0. The van der Waals surface area contributed by atoms with Gasteiger partial charge in [0.1, 0.15) is 0 Å². The van der Waals surface area contributed by atoms with Crippen molar-refractivity contribution in [2.24, 2.45) is 4.99 Å². The quantitative estimate of drug-likeness (QED) is 0.505. The van der Waals surface area contributed by atoms with Crippen LogP contribution in [0.1, 0.15) is 21.6 Å². The molecular formula is C18H24F3N5OS2. The minimum atomic E-state index is -4.39. The maximum atomic E-state index is 12.6. The molecule has 2 N–H and O–H groups in total. The highest BCUT2D eigenvalue weighted by atomic mass is 32.1. The first kappa shape index (κ1) is 22.0.